The molecule has 24 heavy (non-hydrogen) atoms. The summed E-state index contributed by atoms with van der Waals surface area (Å²) in [6.45, 7) is 7.00. The molecule has 1 aromatic carbocycles. The van der Waals surface area contributed by atoms with Crippen LogP contribution in [-0.2, 0) is 18.4 Å². The zero-order chi connectivity index (χ0) is 16.4. The Kier molecular flexibility index (Phi) is 5.74. The highest BCUT2D eigenvalue weighted by atomic mass is 35.5. The van der Waals surface area contributed by atoms with Crippen molar-refractivity contribution in [2.45, 2.75) is 39.2 Å². The molecule has 3 aromatic rings. The Morgan fingerprint density at radius 3 is 2.42 bits per heavy atom. The van der Waals surface area contributed by atoms with Crippen LogP contribution in [0.1, 0.15) is 42.9 Å². The van der Waals surface area contributed by atoms with Crippen LogP contribution >= 0.6 is 23.7 Å². The molecule has 5 nitrogen and oxygen atoms in total. The Labute approximate surface area is 151 Å². The van der Waals surface area contributed by atoms with Gasteiger partial charge < -0.3 is 10.3 Å². The first-order valence-corrected chi connectivity index (χ1v) is 8.40. The first kappa shape index (κ1) is 18.6. The summed E-state index contributed by atoms with van der Waals surface area (Å²) in [6.07, 6.45) is 0.556. The van der Waals surface area contributed by atoms with Crippen LogP contribution in [-0.4, -0.2) is 15.1 Å². The lowest BCUT2D eigenvalue weighted by atomic mass is 9.98. The molecule has 2 heterocycles. The van der Waals surface area contributed by atoms with Crippen molar-refractivity contribution < 1.29 is 4.52 Å². The Bertz CT molecular complexity index is 790. The fourth-order valence-electron chi connectivity index (χ4n) is 2.12. The van der Waals surface area contributed by atoms with E-state index in [0.717, 1.165) is 21.8 Å². The van der Waals surface area contributed by atoms with Gasteiger partial charge in [0.2, 0.25) is 11.7 Å². The van der Waals surface area contributed by atoms with Crippen molar-refractivity contribution in [2.75, 3.05) is 0 Å². The van der Waals surface area contributed by atoms with Crippen LogP contribution < -0.4 is 5.73 Å². The van der Waals surface area contributed by atoms with Crippen molar-refractivity contribution >= 4 is 23.7 Å². The van der Waals surface area contributed by atoms with Gasteiger partial charge in [-0.15, -0.1) is 23.7 Å². The van der Waals surface area contributed by atoms with Gasteiger partial charge in [0.1, 0.15) is 0 Å². The summed E-state index contributed by atoms with van der Waals surface area (Å²) in [5, 5.41) is 7.22. The summed E-state index contributed by atoms with van der Waals surface area (Å²) in [5.41, 5.74) is 8.64. The molecule has 7 heteroatoms. The molecule has 0 fully saturated rings. The highest BCUT2D eigenvalue weighted by molar-refractivity contribution is 7.09. The summed E-state index contributed by atoms with van der Waals surface area (Å²) >= 11 is 1.67. The highest BCUT2D eigenvalue weighted by Gasteiger charge is 2.19. The maximum Gasteiger partial charge on any atom is 0.233 e. The van der Waals surface area contributed by atoms with Gasteiger partial charge in [-0.2, -0.15) is 4.98 Å². The van der Waals surface area contributed by atoms with E-state index in [4.69, 9.17) is 10.3 Å². The largest absolute Gasteiger partial charge is 0.339 e. The van der Waals surface area contributed by atoms with Crippen molar-refractivity contribution in [3.63, 3.8) is 0 Å². The topological polar surface area (TPSA) is 77.8 Å². The SMILES string of the molecule is CC(C)(C)c1nc(Cc2nc(-c3ccc(CN)cc3)no2)cs1.Cl. The molecule has 0 saturated carbocycles. The fraction of sp³-hybridized carbons (Fsp3) is 0.353. The number of hydrogen-bond acceptors (Lipinski definition) is 6. The Balaban J connectivity index is 0.00000208. The van der Waals surface area contributed by atoms with Crippen LogP contribution in [0, 0.1) is 0 Å². The number of nitrogens with zero attached hydrogens (tertiary/aromatic N) is 3. The smallest absolute Gasteiger partial charge is 0.233 e. The van der Waals surface area contributed by atoms with E-state index in [0.29, 0.717) is 24.7 Å². The maximum atomic E-state index is 5.61. The highest BCUT2D eigenvalue weighted by Crippen LogP contribution is 2.26. The number of nitrogens with two attached hydrogens (primary N) is 1. The number of hydrogen-bond donors (Lipinski definition) is 1. The van der Waals surface area contributed by atoms with Crippen LogP contribution in [0.15, 0.2) is 34.2 Å². The van der Waals surface area contributed by atoms with E-state index in [2.05, 4.69) is 41.3 Å². The lowest BCUT2D eigenvalue weighted by Gasteiger charge is -2.13. The Morgan fingerprint density at radius 1 is 1.12 bits per heavy atom. The quantitative estimate of drug-likeness (QED) is 0.758. The lowest BCUT2D eigenvalue weighted by Crippen LogP contribution is -2.10. The van der Waals surface area contributed by atoms with Gasteiger partial charge in [0.15, 0.2) is 0 Å². The molecule has 128 valence electrons. The van der Waals surface area contributed by atoms with Gasteiger partial charge in [-0.3, -0.25) is 0 Å². The molecule has 2 N–H and O–H groups in total. The van der Waals surface area contributed by atoms with E-state index in [-0.39, 0.29) is 17.8 Å². The van der Waals surface area contributed by atoms with Crippen LogP contribution in [0.4, 0.5) is 0 Å². The predicted octanol–water partition coefficient (Wildman–Crippen LogP) is 3.96. The number of rotatable bonds is 4. The zero-order valence-electron chi connectivity index (χ0n) is 13.9. The van der Waals surface area contributed by atoms with Crippen LogP contribution in [0.2, 0.25) is 0 Å². The standard InChI is InChI=1S/C17H20N4OS.ClH/c1-17(2,3)16-19-13(10-23-16)8-14-20-15(21-22-14)12-6-4-11(9-18)5-7-12;/h4-7,10H,8-9,18H2,1-3H3;1H. The van der Waals surface area contributed by atoms with Crippen molar-refractivity contribution in [3.05, 3.63) is 51.8 Å². The second-order valence-corrected chi connectivity index (χ2v) is 7.34. The molecule has 0 unspecified atom stereocenters. The van der Waals surface area contributed by atoms with Gasteiger partial charge in [0.25, 0.3) is 0 Å². The number of thiazole rings is 1. The molecule has 0 aliphatic carbocycles. The molecule has 0 radical (unpaired) electrons. The van der Waals surface area contributed by atoms with Crippen LogP contribution in [0.25, 0.3) is 11.4 Å². The molecule has 0 atom stereocenters. The first-order valence-electron chi connectivity index (χ1n) is 7.52. The van der Waals surface area contributed by atoms with Gasteiger partial charge in [-0.25, -0.2) is 4.98 Å². The first-order chi connectivity index (χ1) is 11.0. The number of halogens is 1. The fourth-order valence-corrected chi connectivity index (χ4v) is 3.03. The van der Waals surface area contributed by atoms with E-state index < -0.39 is 0 Å². The molecule has 0 bridgehead atoms. The van der Waals surface area contributed by atoms with Crippen molar-refractivity contribution in [3.8, 4) is 11.4 Å². The predicted molar refractivity (Wildman–Crippen MR) is 98.5 cm³/mol. The summed E-state index contributed by atoms with van der Waals surface area (Å²) in [4.78, 5) is 9.12. The van der Waals surface area contributed by atoms with Gasteiger partial charge in [0.05, 0.1) is 17.1 Å². The summed E-state index contributed by atoms with van der Waals surface area (Å²) < 4.78 is 5.35. The lowest BCUT2D eigenvalue weighted by molar-refractivity contribution is 0.385. The average molecular weight is 365 g/mol. The van der Waals surface area contributed by atoms with E-state index in [1.54, 1.807) is 11.3 Å². The minimum atomic E-state index is 0. The molecule has 0 aliphatic heterocycles. The van der Waals surface area contributed by atoms with Crippen molar-refractivity contribution in [2.24, 2.45) is 5.73 Å². The van der Waals surface area contributed by atoms with Crippen LogP contribution in [0.3, 0.4) is 0 Å². The van der Waals surface area contributed by atoms with Gasteiger partial charge in [-0.05, 0) is 5.56 Å². The second-order valence-electron chi connectivity index (χ2n) is 6.48. The third-order valence-corrected chi connectivity index (χ3v) is 4.76. The number of benzene rings is 1. The molecule has 0 saturated heterocycles. The van der Waals surface area contributed by atoms with E-state index in [9.17, 15) is 0 Å². The Morgan fingerprint density at radius 2 is 1.83 bits per heavy atom. The Hall–Kier alpha value is -1.76. The molecule has 0 aliphatic rings. The summed E-state index contributed by atoms with van der Waals surface area (Å²) in [7, 11) is 0. The number of aromatic nitrogens is 3. The zero-order valence-corrected chi connectivity index (χ0v) is 15.6. The molecule has 0 spiro atoms. The summed E-state index contributed by atoms with van der Waals surface area (Å²) in [5.74, 6) is 1.17. The molecule has 0 amide bonds. The molecule has 2 aromatic heterocycles. The van der Waals surface area contributed by atoms with E-state index in [1.807, 2.05) is 24.3 Å². The minimum absolute atomic E-state index is 0. The normalized spacial score (nSPS) is 11.3. The average Bonchev–Trinajstić information content (AvgIpc) is 3.17. The third-order valence-electron chi connectivity index (χ3n) is 3.44. The minimum Gasteiger partial charge on any atom is -0.339 e. The third kappa shape index (κ3) is 4.20. The van der Waals surface area contributed by atoms with E-state index >= 15 is 0 Å². The summed E-state index contributed by atoms with van der Waals surface area (Å²) in [6, 6.07) is 7.86. The van der Waals surface area contributed by atoms with Crippen molar-refractivity contribution in [1.82, 2.24) is 15.1 Å². The van der Waals surface area contributed by atoms with Crippen LogP contribution in [0.5, 0.6) is 0 Å². The van der Waals surface area contributed by atoms with Gasteiger partial charge >= 0.3 is 0 Å². The molecule has 3 rings (SSSR count). The second kappa shape index (κ2) is 7.42. The van der Waals surface area contributed by atoms with Crippen molar-refractivity contribution in [1.29, 1.82) is 0 Å². The molecular weight excluding hydrogens is 344 g/mol. The van der Waals surface area contributed by atoms with E-state index in [1.165, 1.54) is 0 Å². The van der Waals surface area contributed by atoms with Gasteiger partial charge in [0, 0.05) is 22.9 Å². The monoisotopic (exact) mass is 364 g/mol. The van der Waals surface area contributed by atoms with Gasteiger partial charge in [-0.1, -0.05) is 50.2 Å². The maximum absolute atomic E-state index is 5.61. The molecular formula is C17H21ClN4OS.